The molecule has 0 bridgehead atoms. The second-order valence-corrected chi connectivity index (χ2v) is 6.24. The second-order valence-electron chi connectivity index (χ2n) is 6.24. The van der Waals surface area contributed by atoms with Crippen LogP contribution in [-0.2, 0) is 0 Å². The predicted octanol–water partition coefficient (Wildman–Crippen LogP) is 4.45. The first-order valence-corrected chi connectivity index (χ1v) is 8.65. The summed E-state index contributed by atoms with van der Waals surface area (Å²) >= 11 is 0. The number of benzene rings is 2. The molecular weight excluding hydrogens is 338 g/mol. The Bertz CT molecular complexity index is 1150. The first kappa shape index (κ1) is 16.8. The van der Waals surface area contributed by atoms with Crippen molar-refractivity contribution in [1.29, 1.82) is 0 Å². The number of hydrogen-bond acceptors (Lipinski definition) is 4. The summed E-state index contributed by atoms with van der Waals surface area (Å²) < 4.78 is 7.18. The molecule has 4 rings (SSSR count). The molecular formula is C22H19N3O2. The molecule has 0 aliphatic rings. The van der Waals surface area contributed by atoms with Crippen LogP contribution in [0.3, 0.4) is 0 Å². The largest absolute Gasteiger partial charge is 0.497 e. The summed E-state index contributed by atoms with van der Waals surface area (Å²) in [7, 11) is 1.63. The SMILES string of the molecule is COc1ccc(Nc2cc(=O)c3ccc(C)nc3n2-c2ccccc2)cc1. The van der Waals surface area contributed by atoms with Gasteiger partial charge in [0.2, 0.25) is 0 Å². The number of nitrogens with one attached hydrogen (secondary N) is 1. The van der Waals surface area contributed by atoms with Crippen molar-refractivity contribution in [2.45, 2.75) is 6.92 Å². The van der Waals surface area contributed by atoms with Gasteiger partial charge in [-0.05, 0) is 55.5 Å². The van der Waals surface area contributed by atoms with Crippen LogP contribution in [0, 0.1) is 6.92 Å². The molecule has 0 aliphatic carbocycles. The van der Waals surface area contributed by atoms with E-state index in [0.717, 1.165) is 22.8 Å². The topological polar surface area (TPSA) is 56.1 Å². The van der Waals surface area contributed by atoms with Crippen molar-refractivity contribution in [2.24, 2.45) is 0 Å². The number of aromatic nitrogens is 2. The van der Waals surface area contributed by atoms with Crippen LogP contribution in [0.25, 0.3) is 16.7 Å². The Labute approximate surface area is 156 Å². The lowest BCUT2D eigenvalue weighted by atomic mass is 10.2. The third-order valence-electron chi connectivity index (χ3n) is 4.38. The van der Waals surface area contributed by atoms with Crippen molar-refractivity contribution in [1.82, 2.24) is 9.55 Å². The summed E-state index contributed by atoms with van der Waals surface area (Å²) in [5, 5.41) is 3.93. The van der Waals surface area contributed by atoms with E-state index in [4.69, 9.17) is 4.74 Å². The number of nitrogens with zero attached hydrogens (tertiary/aromatic N) is 2. The maximum Gasteiger partial charge on any atom is 0.193 e. The number of para-hydroxylation sites is 1. The van der Waals surface area contributed by atoms with Gasteiger partial charge in [0.05, 0.1) is 12.5 Å². The molecule has 0 atom stereocenters. The fourth-order valence-electron chi connectivity index (χ4n) is 3.04. The van der Waals surface area contributed by atoms with Crippen LogP contribution in [0.1, 0.15) is 5.69 Å². The molecule has 5 heteroatoms. The number of ether oxygens (including phenoxy) is 1. The highest BCUT2D eigenvalue weighted by molar-refractivity contribution is 5.81. The molecule has 0 saturated carbocycles. The molecule has 0 unspecified atom stereocenters. The van der Waals surface area contributed by atoms with Crippen LogP contribution in [-0.4, -0.2) is 16.7 Å². The highest BCUT2D eigenvalue weighted by Crippen LogP contribution is 2.25. The molecule has 2 heterocycles. The number of hydrogen-bond donors (Lipinski definition) is 1. The molecule has 0 spiro atoms. The zero-order valence-electron chi connectivity index (χ0n) is 15.1. The quantitative estimate of drug-likeness (QED) is 0.586. The highest BCUT2D eigenvalue weighted by atomic mass is 16.5. The Balaban J connectivity index is 1.94. The number of fused-ring (bicyclic) bond motifs is 1. The minimum Gasteiger partial charge on any atom is -0.497 e. The summed E-state index contributed by atoms with van der Waals surface area (Å²) in [6.07, 6.45) is 0. The molecule has 0 amide bonds. The molecule has 134 valence electrons. The van der Waals surface area contributed by atoms with Gasteiger partial charge in [-0.2, -0.15) is 0 Å². The Hall–Kier alpha value is -3.60. The van der Waals surface area contributed by atoms with Gasteiger partial charge < -0.3 is 10.1 Å². The van der Waals surface area contributed by atoms with Gasteiger partial charge in [-0.3, -0.25) is 9.36 Å². The summed E-state index contributed by atoms with van der Waals surface area (Å²) in [4.78, 5) is 17.3. The first-order chi connectivity index (χ1) is 13.2. The average molecular weight is 357 g/mol. The van der Waals surface area contributed by atoms with Crippen molar-refractivity contribution in [3.8, 4) is 11.4 Å². The first-order valence-electron chi connectivity index (χ1n) is 8.65. The smallest absolute Gasteiger partial charge is 0.193 e. The van der Waals surface area contributed by atoms with E-state index in [1.54, 1.807) is 13.2 Å². The van der Waals surface area contributed by atoms with Crippen LogP contribution in [0.15, 0.2) is 77.6 Å². The fourth-order valence-corrected chi connectivity index (χ4v) is 3.04. The van der Waals surface area contributed by atoms with E-state index in [-0.39, 0.29) is 5.43 Å². The second kappa shape index (κ2) is 6.96. The van der Waals surface area contributed by atoms with E-state index in [9.17, 15) is 4.79 Å². The number of methoxy groups -OCH3 is 1. The molecule has 0 saturated heterocycles. The van der Waals surface area contributed by atoms with Crippen molar-refractivity contribution < 1.29 is 4.74 Å². The van der Waals surface area contributed by atoms with Crippen LogP contribution in [0.5, 0.6) is 5.75 Å². The van der Waals surface area contributed by atoms with Crippen LogP contribution < -0.4 is 15.5 Å². The van der Waals surface area contributed by atoms with Crippen LogP contribution in [0.2, 0.25) is 0 Å². The normalized spacial score (nSPS) is 10.7. The molecule has 2 aromatic carbocycles. The van der Waals surface area contributed by atoms with Crippen molar-refractivity contribution >= 4 is 22.5 Å². The zero-order valence-corrected chi connectivity index (χ0v) is 15.1. The maximum absolute atomic E-state index is 12.7. The van der Waals surface area contributed by atoms with E-state index < -0.39 is 0 Å². The van der Waals surface area contributed by atoms with Gasteiger partial charge in [0.1, 0.15) is 17.2 Å². The van der Waals surface area contributed by atoms with Crippen molar-refractivity contribution in [3.05, 3.63) is 88.7 Å². The Kier molecular flexibility index (Phi) is 4.34. The van der Waals surface area contributed by atoms with E-state index in [1.807, 2.05) is 78.2 Å². The van der Waals surface area contributed by atoms with Crippen LogP contribution in [0.4, 0.5) is 11.5 Å². The molecule has 5 nitrogen and oxygen atoms in total. The van der Waals surface area contributed by atoms with Gasteiger partial charge in [-0.1, -0.05) is 18.2 Å². The number of aryl methyl sites for hydroxylation is 1. The molecule has 2 aromatic heterocycles. The number of rotatable bonds is 4. The number of anilines is 2. The minimum atomic E-state index is -0.0688. The third kappa shape index (κ3) is 3.27. The molecule has 27 heavy (non-hydrogen) atoms. The molecule has 0 aliphatic heterocycles. The predicted molar refractivity (Wildman–Crippen MR) is 108 cm³/mol. The van der Waals surface area contributed by atoms with Gasteiger partial charge in [-0.25, -0.2) is 4.98 Å². The molecule has 1 N–H and O–H groups in total. The van der Waals surface area contributed by atoms with Gasteiger partial charge in [0.15, 0.2) is 5.43 Å². The molecule has 4 aromatic rings. The lowest BCUT2D eigenvalue weighted by Gasteiger charge is -2.18. The summed E-state index contributed by atoms with van der Waals surface area (Å²) in [5.41, 5.74) is 3.20. The van der Waals surface area contributed by atoms with E-state index in [1.165, 1.54) is 0 Å². The van der Waals surface area contributed by atoms with Gasteiger partial charge >= 0.3 is 0 Å². The van der Waals surface area contributed by atoms with Gasteiger partial charge in [-0.15, -0.1) is 0 Å². The maximum atomic E-state index is 12.7. The van der Waals surface area contributed by atoms with Crippen LogP contribution >= 0.6 is 0 Å². The van der Waals surface area contributed by atoms with E-state index in [2.05, 4.69) is 10.3 Å². The lowest BCUT2D eigenvalue weighted by Crippen LogP contribution is -2.13. The highest BCUT2D eigenvalue weighted by Gasteiger charge is 2.13. The standard InChI is InChI=1S/C22H19N3O2/c1-15-8-13-19-20(26)14-21(24-16-9-11-18(27-2)12-10-16)25(22(19)23-15)17-6-4-3-5-7-17/h3-14,24H,1-2H3. The van der Waals surface area contributed by atoms with Crippen molar-refractivity contribution in [3.63, 3.8) is 0 Å². The van der Waals surface area contributed by atoms with Gasteiger partial charge in [0.25, 0.3) is 0 Å². The lowest BCUT2D eigenvalue weighted by molar-refractivity contribution is 0.415. The number of pyridine rings is 2. The zero-order chi connectivity index (χ0) is 18.8. The molecule has 0 radical (unpaired) electrons. The Morgan fingerprint density at radius 3 is 2.41 bits per heavy atom. The summed E-state index contributed by atoms with van der Waals surface area (Å²) in [5.74, 6) is 1.43. The van der Waals surface area contributed by atoms with Crippen molar-refractivity contribution in [2.75, 3.05) is 12.4 Å². The molecule has 0 fully saturated rings. The summed E-state index contributed by atoms with van der Waals surface area (Å²) in [6.45, 7) is 1.92. The fraction of sp³-hybridized carbons (Fsp3) is 0.0909. The third-order valence-corrected chi connectivity index (χ3v) is 4.38. The summed E-state index contributed by atoms with van der Waals surface area (Å²) in [6, 6.07) is 22.7. The van der Waals surface area contributed by atoms with Gasteiger partial charge in [0, 0.05) is 23.1 Å². The van der Waals surface area contributed by atoms with E-state index in [0.29, 0.717) is 16.9 Å². The Morgan fingerprint density at radius 1 is 0.963 bits per heavy atom. The van der Waals surface area contributed by atoms with E-state index >= 15 is 0 Å². The Morgan fingerprint density at radius 2 is 1.70 bits per heavy atom. The average Bonchev–Trinajstić information content (AvgIpc) is 2.69. The minimum absolute atomic E-state index is 0.0688. The monoisotopic (exact) mass is 357 g/mol.